The Morgan fingerprint density at radius 2 is 2.00 bits per heavy atom. The molecule has 0 atom stereocenters. The first-order valence-electron chi connectivity index (χ1n) is 7.80. The smallest absolute Gasteiger partial charge is 0.387 e. The van der Waals surface area contributed by atoms with Crippen LogP contribution in [0.1, 0.15) is 11.1 Å². The summed E-state index contributed by atoms with van der Waals surface area (Å²) in [5.41, 5.74) is 1.11. The largest absolute Gasteiger partial charge is 0.434 e. The fraction of sp³-hybridized carbons (Fsp3) is 0.235. The number of rotatable bonds is 7. The van der Waals surface area contributed by atoms with Crippen LogP contribution in [0.25, 0.3) is 0 Å². The fourth-order valence-corrected chi connectivity index (χ4v) is 2.46. The summed E-state index contributed by atoms with van der Waals surface area (Å²) in [6.07, 6.45) is 0. The van der Waals surface area contributed by atoms with Gasteiger partial charge in [-0.15, -0.1) is 0 Å². The Balaban J connectivity index is 1.99. The number of benzene rings is 2. The van der Waals surface area contributed by atoms with Crippen LogP contribution in [0, 0.1) is 10.1 Å². The van der Waals surface area contributed by atoms with E-state index in [0.717, 1.165) is 0 Å². The Morgan fingerprint density at radius 3 is 2.67 bits per heavy atom. The number of hydrogen-bond donors (Lipinski definition) is 2. The van der Waals surface area contributed by atoms with Crippen molar-refractivity contribution in [2.24, 2.45) is 4.99 Å². The third kappa shape index (κ3) is 6.37. The normalized spacial score (nSPS) is 11.4. The molecular weight excluding hydrogens is 382 g/mol. The summed E-state index contributed by atoms with van der Waals surface area (Å²) in [6, 6.07) is 10.5. The van der Waals surface area contributed by atoms with E-state index in [1.807, 2.05) is 0 Å². The maximum absolute atomic E-state index is 12.5. The summed E-state index contributed by atoms with van der Waals surface area (Å²) in [5.74, 6) is 0.389. The molecule has 0 radical (unpaired) electrons. The van der Waals surface area contributed by atoms with Crippen LogP contribution in [-0.2, 0) is 13.1 Å². The summed E-state index contributed by atoms with van der Waals surface area (Å²) in [5, 5.41) is 17.1. The van der Waals surface area contributed by atoms with Gasteiger partial charge in [-0.05, 0) is 23.8 Å². The van der Waals surface area contributed by atoms with E-state index in [0.29, 0.717) is 22.1 Å². The topological polar surface area (TPSA) is 88.8 Å². The van der Waals surface area contributed by atoms with E-state index < -0.39 is 11.5 Å². The number of ether oxygens (including phenoxy) is 1. The lowest BCUT2D eigenvalue weighted by molar-refractivity contribution is -0.384. The average molecular weight is 399 g/mol. The highest BCUT2D eigenvalue weighted by Crippen LogP contribution is 2.24. The van der Waals surface area contributed by atoms with Crippen molar-refractivity contribution in [1.82, 2.24) is 10.6 Å². The molecule has 27 heavy (non-hydrogen) atoms. The quantitative estimate of drug-likeness (QED) is 0.321. The Labute approximate surface area is 159 Å². The molecule has 2 aromatic carbocycles. The van der Waals surface area contributed by atoms with Gasteiger partial charge in [-0.25, -0.2) is 0 Å². The summed E-state index contributed by atoms with van der Waals surface area (Å²) in [4.78, 5) is 14.4. The second-order valence-electron chi connectivity index (χ2n) is 5.34. The Morgan fingerprint density at radius 1 is 1.26 bits per heavy atom. The van der Waals surface area contributed by atoms with E-state index in [1.165, 1.54) is 37.4 Å². The van der Waals surface area contributed by atoms with Crippen molar-refractivity contribution < 1.29 is 18.4 Å². The van der Waals surface area contributed by atoms with Crippen molar-refractivity contribution in [3.8, 4) is 5.75 Å². The average Bonchev–Trinajstić information content (AvgIpc) is 2.63. The summed E-state index contributed by atoms with van der Waals surface area (Å²) >= 11 is 5.91. The molecule has 2 aromatic rings. The van der Waals surface area contributed by atoms with Crippen molar-refractivity contribution in [3.05, 3.63) is 68.7 Å². The van der Waals surface area contributed by atoms with Gasteiger partial charge in [-0.2, -0.15) is 8.78 Å². The van der Waals surface area contributed by atoms with Crippen LogP contribution in [0.4, 0.5) is 14.5 Å². The molecule has 0 bridgehead atoms. The van der Waals surface area contributed by atoms with Gasteiger partial charge in [-0.1, -0.05) is 23.7 Å². The lowest BCUT2D eigenvalue weighted by Crippen LogP contribution is -2.36. The standard InChI is InChI=1S/C17H17ClF2N4O3/c1-21-17(22-9-11-3-2-4-14(7-11)24(25)26)23-10-12-8-13(18)5-6-15(12)27-16(19)20/h2-8,16H,9-10H2,1H3,(H2,21,22,23). The number of hydrogen-bond acceptors (Lipinski definition) is 4. The zero-order chi connectivity index (χ0) is 19.8. The first kappa shape index (κ1) is 20.4. The third-order valence-corrected chi connectivity index (χ3v) is 3.72. The molecule has 0 fully saturated rings. The van der Waals surface area contributed by atoms with Crippen LogP contribution >= 0.6 is 11.6 Å². The zero-order valence-corrected chi connectivity index (χ0v) is 15.0. The van der Waals surface area contributed by atoms with E-state index in [2.05, 4.69) is 20.4 Å². The third-order valence-electron chi connectivity index (χ3n) is 3.49. The van der Waals surface area contributed by atoms with Crippen LogP contribution in [-0.4, -0.2) is 24.5 Å². The van der Waals surface area contributed by atoms with E-state index >= 15 is 0 Å². The number of nitrogens with one attached hydrogen (secondary N) is 2. The first-order chi connectivity index (χ1) is 12.9. The van der Waals surface area contributed by atoms with Crippen molar-refractivity contribution in [2.45, 2.75) is 19.7 Å². The molecule has 0 spiro atoms. The lowest BCUT2D eigenvalue weighted by atomic mass is 10.2. The number of guanidine groups is 1. The predicted octanol–water partition coefficient (Wildman–Crippen LogP) is 3.71. The van der Waals surface area contributed by atoms with Crippen LogP contribution in [0.2, 0.25) is 5.02 Å². The van der Waals surface area contributed by atoms with E-state index in [1.54, 1.807) is 12.1 Å². The molecule has 0 aromatic heterocycles. The Kier molecular flexibility index (Phi) is 7.30. The monoisotopic (exact) mass is 398 g/mol. The highest BCUT2D eigenvalue weighted by Gasteiger charge is 2.11. The van der Waals surface area contributed by atoms with Crippen molar-refractivity contribution in [1.29, 1.82) is 0 Å². The maximum atomic E-state index is 12.5. The highest BCUT2D eigenvalue weighted by molar-refractivity contribution is 6.30. The second-order valence-corrected chi connectivity index (χ2v) is 5.77. The molecule has 0 saturated heterocycles. The molecule has 7 nitrogen and oxygen atoms in total. The van der Waals surface area contributed by atoms with Gasteiger partial charge in [-0.3, -0.25) is 15.1 Å². The van der Waals surface area contributed by atoms with Gasteiger partial charge in [0.1, 0.15) is 5.75 Å². The van der Waals surface area contributed by atoms with Gasteiger partial charge in [0, 0.05) is 42.9 Å². The number of non-ortho nitro benzene ring substituents is 1. The zero-order valence-electron chi connectivity index (χ0n) is 14.3. The minimum absolute atomic E-state index is 0.00929. The molecule has 0 aliphatic carbocycles. The molecule has 2 rings (SSSR count). The lowest BCUT2D eigenvalue weighted by Gasteiger charge is -2.15. The second kappa shape index (κ2) is 9.67. The number of halogens is 3. The predicted molar refractivity (Wildman–Crippen MR) is 98.2 cm³/mol. The molecule has 0 heterocycles. The van der Waals surface area contributed by atoms with E-state index in [-0.39, 0.29) is 24.5 Å². The van der Waals surface area contributed by atoms with Gasteiger partial charge < -0.3 is 15.4 Å². The molecule has 10 heteroatoms. The molecule has 144 valence electrons. The molecule has 0 aliphatic heterocycles. The van der Waals surface area contributed by atoms with E-state index in [4.69, 9.17) is 11.6 Å². The number of nitrogens with zero attached hydrogens (tertiary/aromatic N) is 2. The minimum atomic E-state index is -2.95. The number of nitro groups is 1. The first-order valence-corrected chi connectivity index (χ1v) is 8.18. The van der Waals surface area contributed by atoms with Crippen LogP contribution in [0.15, 0.2) is 47.5 Å². The molecular formula is C17H17ClF2N4O3. The molecule has 2 N–H and O–H groups in total. The Bertz CT molecular complexity index is 834. The van der Waals surface area contributed by atoms with Crippen LogP contribution in [0.3, 0.4) is 0 Å². The van der Waals surface area contributed by atoms with Crippen molar-refractivity contribution in [3.63, 3.8) is 0 Å². The highest BCUT2D eigenvalue weighted by atomic mass is 35.5. The van der Waals surface area contributed by atoms with Gasteiger partial charge in [0.15, 0.2) is 5.96 Å². The van der Waals surface area contributed by atoms with Crippen molar-refractivity contribution >= 4 is 23.2 Å². The van der Waals surface area contributed by atoms with Crippen LogP contribution in [0.5, 0.6) is 5.75 Å². The number of nitro benzene ring substituents is 1. The molecule has 0 saturated carbocycles. The fourth-order valence-electron chi connectivity index (χ4n) is 2.26. The summed E-state index contributed by atoms with van der Waals surface area (Å²) in [6.45, 7) is -2.52. The van der Waals surface area contributed by atoms with E-state index in [9.17, 15) is 18.9 Å². The summed E-state index contributed by atoms with van der Waals surface area (Å²) < 4.78 is 29.5. The number of aliphatic imine (C=N–C) groups is 1. The Hall–Kier alpha value is -2.94. The van der Waals surface area contributed by atoms with Crippen molar-refractivity contribution in [2.75, 3.05) is 7.05 Å². The van der Waals surface area contributed by atoms with Gasteiger partial charge >= 0.3 is 6.61 Å². The van der Waals surface area contributed by atoms with Gasteiger partial charge in [0.05, 0.1) is 4.92 Å². The molecule has 0 unspecified atom stereocenters. The van der Waals surface area contributed by atoms with Gasteiger partial charge in [0.2, 0.25) is 0 Å². The molecule has 0 amide bonds. The summed E-state index contributed by atoms with van der Waals surface area (Å²) in [7, 11) is 1.54. The number of alkyl halides is 2. The SMILES string of the molecule is CN=C(NCc1cccc([N+](=O)[O-])c1)NCc1cc(Cl)ccc1OC(F)F. The van der Waals surface area contributed by atoms with Gasteiger partial charge in [0.25, 0.3) is 5.69 Å². The molecule has 0 aliphatic rings. The minimum Gasteiger partial charge on any atom is -0.434 e. The van der Waals surface area contributed by atoms with Crippen LogP contribution < -0.4 is 15.4 Å². The maximum Gasteiger partial charge on any atom is 0.387 e.